The van der Waals surface area contributed by atoms with Crippen molar-refractivity contribution in [2.75, 3.05) is 48.5 Å². The van der Waals surface area contributed by atoms with E-state index >= 15 is 8.78 Å². The van der Waals surface area contributed by atoms with E-state index in [1.54, 1.807) is 69.2 Å². The molecule has 1 saturated heterocycles. The number of anilines is 3. The first-order chi connectivity index (χ1) is 24.9. The Morgan fingerprint density at radius 2 is 1.50 bits per heavy atom. The summed E-state index contributed by atoms with van der Waals surface area (Å²) in [5.74, 6) is -3.44. The predicted molar refractivity (Wildman–Crippen MR) is 195 cm³/mol. The monoisotopic (exact) mass is 756 g/mol. The highest BCUT2D eigenvalue weighted by molar-refractivity contribution is 6.05. The van der Waals surface area contributed by atoms with Crippen molar-refractivity contribution in [1.29, 1.82) is 0 Å². The molecule has 4 heterocycles. The van der Waals surface area contributed by atoms with Crippen LogP contribution in [-0.2, 0) is 18.9 Å². The number of carbonyl (C=O) groups excluding carboxylic acids is 4. The van der Waals surface area contributed by atoms with Gasteiger partial charge < -0.3 is 23.7 Å². The number of likely N-dealkylation sites (tertiary alicyclic amines) is 1. The molecule has 0 unspecified atom stereocenters. The third kappa shape index (κ3) is 8.34. The van der Waals surface area contributed by atoms with Crippen LogP contribution in [0.25, 0.3) is 21.9 Å². The van der Waals surface area contributed by atoms with Crippen molar-refractivity contribution < 1.29 is 51.6 Å². The quantitative estimate of drug-likeness (QED) is 0.205. The maximum atomic E-state index is 16.8. The number of alkyl halides is 1. The zero-order chi connectivity index (χ0) is 40.1. The first-order valence-corrected chi connectivity index (χ1v) is 17.2. The lowest BCUT2D eigenvalue weighted by atomic mass is 9.96. The Bertz CT molecular complexity index is 2000. The second kappa shape index (κ2) is 14.1. The van der Waals surface area contributed by atoms with Gasteiger partial charge in [-0.1, -0.05) is 0 Å². The van der Waals surface area contributed by atoms with E-state index in [0.717, 1.165) is 12.0 Å². The largest absolute Gasteiger partial charge is 0.474 e. The molecule has 2 aliphatic rings. The topological polar surface area (TPSA) is 162 Å². The van der Waals surface area contributed by atoms with Crippen LogP contribution in [0.15, 0.2) is 24.5 Å². The second-order valence-corrected chi connectivity index (χ2v) is 16.0. The van der Waals surface area contributed by atoms with Gasteiger partial charge >= 0.3 is 24.4 Å². The van der Waals surface area contributed by atoms with E-state index in [-0.39, 0.29) is 58.1 Å². The Morgan fingerprint density at radius 3 is 2.09 bits per heavy atom. The predicted octanol–water partition coefficient (Wildman–Crippen LogP) is 7.71. The maximum Gasteiger partial charge on any atom is 0.417 e. The van der Waals surface area contributed by atoms with Crippen molar-refractivity contribution in [2.45, 2.75) is 91.8 Å². The van der Waals surface area contributed by atoms with Gasteiger partial charge in [0, 0.05) is 28.9 Å². The molecule has 0 saturated carbocycles. The fourth-order valence-corrected chi connectivity index (χ4v) is 5.90. The fraction of sp³-hybridized carbons (Fsp3) is 0.514. The number of amides is 4. The zero-order valence-corrected chi connectivity index (χ0v) is 32.3. The number of rotatable bonds is 4. The normalized spacial score (nSPS) is 15.4. The number of pyridine rings is 2. The molecule has 54 heavy (non-hydrogen) atoms. The SMILES string of the molecule is COC(=O)N(c1cc2cc(-c3cnc4c(c3C)N(C(=O)OC(C)(C)C)CCO4)c(F)c(NC(=O)OC(C)(C)C)c2cn1)C1(F)CN(C(=O)OC(C)(C)C)C1. The third-order valence-corrected chi connectivity index (χ3v) is 8.08. The van der Waals surface area contributed by atoms with Crippen molar-refractivity contribution in [3.63, 3.8) is 0 Å². The molecule has 2 aliphatic heterocycles. The van der Waals surface area contributed by atoms with Crippen LogP contribution in [0.2, 0.25) is 0 Å². The van der Waals surface area contributed by atoms with Crippen LogP contribution in [0, 0.1) is 12.7 Å². The van der Waals surface area contributed by atoms with Gasteiger partial charge in [0.15, 0.2) is 5.82 Å². The number of carbonyl (C=O) groups is 4. The number of hydrogen-bond acceptors (Lipinski definition) is 11. The Morgan fingerprint density at radius 1 is 0.889 bits per heavy atom. The Labute approximate surface area is 311 Å². The minimum absolute atomic E-state index is 0.0763. The molecule has 1 N–H and O–H groups in total. The van der Waals surface area contributed by atoms with Crippen LogP contribution < -0.4 is 19.9 Å². The van der Waals surface area contributed by atoms with Gasteiger partial charge in [0.2, 0.25) is 11.7 Å². The summed E-state index contributed by atoms with van der Waals surface area (Å²) in [6.45, 7) is 16.0. The lowest BCUT2D eigenvalue weighted by Gasteiger charge is -2.48. The molecule has 3 aromatic rings. The lowest BCUT2D eigenvalue weighted by molar-refractivity contribution is -0.0506. The van der Waals surface area contributed by atoms with Crippen LogP contribution in [0.4, 0.5) is 45.2 Å². The van der Waals surface area contributed by atoms with Crippen molar-refractivity contribution in [1.82, 2.24) is 14.9 Å². The minimum atomic E-state index is -2.45. The number of ether oxygens (including phenoxy) is 5. The summed E-state index contributed by atoms with van der Waals surface area (Å²) < 4.78 is 60.4. The van der Waals surface area contributed by atoms with Crippen LogP contribution in [0.1, 0.15) is 67.9 Å². The molecule has 292 valence electrons. The first-order valence-electron chi connectivity index (χ1n) is 17.2. The number of benzene rings is 1. The summed E-state index contributed by atoms with van der Waals surface area (Å²) >= 11 is 0. The third-order valence-electron chi connectivity index (χ3n) is 8.08. The molecule has 15 nitrogen and oxygen atoms in total. The first kappa shape index (κ1) is 39.7. The number of methoxy groups -OCH3 is 1. The zero-order valence-electron chi connectivity index (χ0n) is 32.3. The van der Waals surface area contributed by atoms with Crippen LogP contribution in [-0.4, -0.2) is 95.2 Å². The van der Waals surface area contributed by atoms with E-state index < -0.39 is 65.9 Å². The van der Waals surface area contributed by atoms with Crippen LogP contribution >= 0.6 is 0 Å². The summed E-state index contributed by atoms with van der Waals surface area (Å²) in [7, 11) is 1.07. The van der Waals surface area contributed by atoms with Gasteiger partial charge in [0.25, 0.3) is 0 Å². The smallest absolute Gasteiger partial charge is 0.417 e. The lowest BCUT2D eigenvalue weighted by Crippen LogP contribution is -2.70. The summed E-state index contributed by atoms with van der Waals surface area (Å²) in [6.07, 6.45) is -0.962. The molecule has 4 amide bonds. The number of aromatic nitrogens is 2. The molecule has 0 radical (unpaired) electrons. The molecule has 5 rings (SSSR count). The van der Waals surface area contributed by atoms with E-state index in [1.165, 1.54) is 29.4 Å². The molecule has 1 fully saturated rings. The molecule has 0 atom stereocenters. The second-order valence-electron chi connectivity index (χ2n) is 16.0. The maximum absolute atomic E-state index is 16.8. The molecule has 17 heteroatoms. The fourth-order valence-electron chi connectivity index (χ4n) is 5.90. The Balaban J connectivity index is 1.65. The molecular weight excluding hydrogens is 710 g/mol. The average molecular weight is 757 g/mol. The van der Waals surface area contributed by atoms with Crippen molar-refractivity contribution in [3.05, 3.63) is 35.9 Å². The van der Waals surface area contributed by atoms with Crippen molar-refractivity contribution >= 4 is 52.3 Å². The summed E-state index contributed by atoms with van der Waals surface area (Å²) in [5, 5.41) is 2.77. The summed E-state index contributed by atoms with van der Waals surface area (Å²) in [6, 6.07) is 2.74. The van der Waals surface area contributed by atoms with Gasteiger partial charge in [0.1, 0.15) is 34.9 Å². The average Bonchev–Trinajstić information content (AvgIpc) is 3.02. The molecule has 0 spiro atoms. The van der Waals surface area contributed by atoms with E-state index in [2.05, 4.69) is 15.3 Å². The highest BCUT2D eigenvalue weighted by atomic mass is 19.1. The van der Waals surface area contributed by atoms with Gasteiger partial charge in [-0.25, -0.2) is 42.8 Å². The number of nitrogens with one attached hydrogen (secondary N) is 1. The highest BCUT2D eigenvalue weighted by Gasteiger charge is 2.55. The van der Waals surface area contributed by atoms with Crippen LogP contribution in [0.5, 0.6) is 5.88 Å². The standard InChI is InChI=1S/C37H46F2N6O9/c1-20-23(16-41-29-28(20)44(12-13-51-29)32(48)54-36(8,9)10)22-14-21-15-25(40-17-24(21)27(26(22)38)42-30(46)52-34(2,3)4)45(33(49)50-11)37(39)18-43(19-37)31(47)53-35(5,6)7/h14-17H,12-13,18-19H2,1-11H3,(H,42,46). The molecule has 1 aromatic carbocycles. The van der Waals surface area contributed by atoms with Crippen molar-refractivity contribution in [2.24, 2.45) is 0 Å². The Hall–Kier alpha value is -5.48. The van der Waals surface area contributed by atoms with Gasteiger partial charge in [-0.3, -0.25) is 15.1 Å². The summed E-state index contributed by atoms with van der Waals surface area (Å²) in [5.41, 5.74) is -2.10. The number of nitrogens with zero attached hydrogens (tertiary/aromatic N) is 5. The molecule has 2 aromatic heterocycles. The molecule has 0 aliphatic carbocycles. The highest BCUT2D eigenvalue weighted by Crippen LogP contribution is 2.43. The van der Waals surface area contributed by atoms with Gasteiger partial charge in [-0.15, -0.1) is 0 Å². The van der Waals surface area contributed by atoms with Gasteiger partial charge in [-0.05, 0) is 92.3 Å². The van der Waals surface area contributed by atoms with Gasteiger partial charge in [-0.2, -0.15) is 0 Å². The van der Waals surface area contributed by atoms with E-state index in [9.17, 15) is 19.2 Å². The minimum Gasteiger partial charge on any atom is -0.474 e. The Kier molecular flexibility index (Phi) is 10.3. The number of halogens is 2. The van der Waals surface area contributed by atoms with E-state index in [0.29, 0.717) is 10.5 Å². The summed E-state index contributed by atoms with van der Waals surface area (Å²) in [4.78, 5) is 63.9. The van der Waals surface area contributed by atoms with E-state index in [1.807, 2.05) is 0 Å². The van der Waals surface area contributed by atoms with E-state index in [4.69, 9.17) is 23.7 Å². The van der Waals surface area contributed by atoms with Crippen LogP contribution in [0.3, 0.4) is 0 Å². The number of fused-ring (bicyclic) bond motifs is 2. The van der Waals surface area contributed by atoms with Crippen molar-refractivity contribution in [3.8, 4) is 17.0 Å². The molecular formula is C37H46F2N6O9. The van der Waals surface area contributed by atoms with Gasteiger partial charge in [0.05, 0.1) is 32.4 Å². The molecule has 0 bridgehead atoms. The number of hydrogen-bond donors (Lipinski definition) is 1.